The summed E-state index contributed by atoms with van der Waals surface area (Å²) in [6.45, 7) is 12.2. The molecule has 0 saturated heterocycles. The molecule has 0 aromatic heterocycles. The zero-order chi connectivity index (χ0) is 20.7. The SMILES string of the molecule is CC(C)(C)O.CC1=C2OC(=O)c3c(C)cc(O)c(C)c3OC2C(C)CC1=O. The lowest BCUT2D eigenvalue weighted by molar-refractivity contribution is -0.118. The fourth-order valence-electron chi connectivity index (χ4n) is 3.01. The van der Waals surface area contributed by atoms with Crippen LogP contribution in [0, 0.1) is 19.8 Å². The first-order valence-corrected chi connectivity index (χ1v) is 8.99. The van der Waals surface area contributed by atoms with Crippen LogP contribution in [0.5, 0.6) is 11.5 Å². The Morgan fingerprint density at radius 1 is 1.15 bits per heavy atom. The molecule has 6 heteroatoms. The summed E-state index contributed by atoms with van der Waals surface area (Å²) in [4.78, 5) is 24.5. The molecule has 3 rings (SSSR count). The van der Waals surface area contributed by atoms with E-state index in [4.69, 9.17) is 14.6 Å². The first-order chi connectivity index (χ1) is 12.3. The highest BCUT2D eigenvalue weighted by atomic mass is 16.6. The Labute approximate surface area is 159 Å². The first kappa shape index (κ1) is 21.0. The van der Waals surface area contributed by atoms with E-state index in [1.807, 2.05) is 6.92 Å². The number of rotatable bonds is 0. The van der Waals surface area contributed by atoms with Crippen molar-refractivity contribution in [2.45, 2.75) is 66.6 Å². The van der Waals surface area contributed by atoms with Gasteiger partial charge in [-0.05, 0) is 53.2 Å². The summed E-state index contributed by atoms with van der Waals surface area (Å²) >= 11 is 0. The molecule has 0 spiro atoms. The van der Waals surface area contributed by atoms with E-state index in [0.717, 1.165) is 0 Å². The third-order valence-electron chi connectivity index (χ3n) is 4.42. The van der Waals surface area contributed by atoms with Crippen molar-refractivity contribution in [3.8, 4) is 11.5 Å². The number of allylic oxidation sites excluding steroid dienone is 1. The van der Waals surface area contributed by atoms with Crippen molar-refractivity contribution in [2.24, 2.45) is 5.92 Å². The van der Waals surface area contributed by atoms with E-state index in [-0.39, 0.29) is 17.5 Å². The second-order valence-corrected chi connectivity index (χ2v) is 8.23. The minimum atomic E-state index is -0.547. The van der Waals surface area contributed by atoms with Crippen LogP contribution < -0.4 is 4.74 Å². The highest BCUT2D eigenvalue weighted by molar-refractivity contribution is 6.00. The van der Waals surface area contributed by atoms with Crippen LogP contribution in [0.25, 0.3) is 0 Å². The number of aromatic hydroxyl groups is 1. The molecular formula is C21H28O6. The maximum Gasteiger partial charge on any atom is 0.347 e. The molecule has 1 heterocycles. The van der Waals surface area contributed by atoms with E-state index >= 15 is 0 Å². The Morgan fingerprint density at radius 3 is 2.26 bits per heavy atom. The molecule has 27 heavy (non-hydrogen) atoms. The van der Waals surface area contributed by atoms with Gasteiger partial charge in [0, 0.05) is 23.5 Å². The summed E-state index contributed by atoms with van der Waals surface area (Å²) < 4.78 is 11.5. The highest BCUT2D eigenvalue weighted by Gasteiger charge is 2.40. The Kier molecular flexibility index (Phi) is 5.71. The number of carbonyl (C=O) groups excluding carboxylic acids is 2. The van der Waals surface area contributed by atoms with Crippen molar-refractivity contribution in [1.29, 1.82) is 0 Å². The summed E-state index contributed by atoms with van der Waals surface area (Å²) in [7, 11) is 0. The van der Waals surface area contributed by atoms with E-state index < -0.39 is 17.7 Å². The van der Waals surface area contributed by atoms with Crippen molar-refractivity contribution in [3.63, 3.8) is 0 Å². The van der Waals surface area contributed by atoms with Gasteiger partial charge in [-0.15, -0.1) is 0 Å². The lowest BCUT2D eigenvalue weighted by Crippen LogP contribution is -2.35. The van der Waals surface area contributed by atoms with Crippen molar-refractivity contribution < 1.29 is 29.3 Å². The van der Waals surface area contributed by atoms with Gasteiger partial charge in [0.15, 0.2) is 17.6 Å². The molecule has 0 amide bonds. The molecule has 148 valence electrons. The third kappa shape index (κ3) is 4.50. The zero-order valence-corrected chi connectivity index (χ0v) is 17.0. The number of phenolic OH excluding ortho intramolecular Hbond substituents is 1. The number of hydrogen-bond acceptors (Lipinski definition) is 6. The second-order valence-electron chi connectivity index (χ2n) is 8.23. The van der Waals surface area contributed by atoms with Crippen LogP contribution in [0.2, 0.25) is 0 Å². The molecule has 0 saturated carbocycles. The number of phenols is 1. The normalized spacial score (nSPS) is 21.9. The summed E-state index contributed by atoms with van der Waals surface area (Å²) in [5.41, 5.74) is 1.33. The topological polar surface area (TPSA) is 93.1 Å². The van der Waals surface area contributed by atoms with Gasteiger partial charge >= 0.3 is 5.97 Å². The number of ether oxygens (including phenoxy) is 2. The first-order valence-electron chi connectivity index (χ1n) is 8.99. The van der Waals surface area contributed by atoms with Crippen LogP contribution in [-0.2, 0) is 9.53 Å². The number of aliphatic hydroxyl groups is 1. The summed E-state index contributed by atoms with van der Waals surface area (Å²) in [5, 5.41) is 18.5. The van der Waals surface area contributed by atoms with Gasteiger partial charge in [-0.25, -0.2) is 4.79 Å². The predicted molar refractivity (Wildman–Crippen MR) is 101 cm³/mol. The zero-order valence-electron chi connectivity index (χ0n) is 17.0. The minimum absolute atomic E-state index is 0.0302. The molecule has 0 bridgehead atoms. The van der Waals surface area contributed by atoms with Crippen LogP contribution >= 0.6 is 0 Å². The Balaban J connectivity index is 0.000000465. The number of Topliss-reactive ketones (excluding diaryl/α,β-unsaturated/α-hetero) is 1. The number of fused-ring (bicyclic) bond motifs is 2. The maximum absolute atomic E-state index is 12.5. The number of carbonyl (C=O) groups is 2. The van der Waals surface area contributed by atoms with Crippen molar-refractivity contribution >= 4 is 11.8 Å². The monoisotopic (exact) mass is 376 g/mol. The number of aryl methyl sites for hydroxylation is 1. The summed E-state index contributed by atoms with van der Waals surface area (Å²) in [6, 6.07) is 1.52. The minimum Gasteiger partial charge on any atom is -0.508 e. The van der Waals surface area contributed by atoms with E-state index in [1.54, 1.807) is 41.5 Å². The molecule has 1 aliphatic heterocycles. The lowest BCUT2D eigenvalue weighted by atomic mass is 9.86. The maximum atomic E-state index is 12.5. The van der Waals surface area contributed by atoms with E-state index in [0.29, 0.717) is 40.2 Å². The fourth-order valence-corrected chi connectivity index (χ4v) is 3.01. The predicted octanol–water partition coefficient (Wildman–Crippen LogP) is 3.59. The highest BCUT2D eigenvalue weighted by Crippen LogP contribution is 2.41. The van der Waals surface area contributed by atoms with Gasteiger partial charge in [-0.1, -0.05) is 6.92 Å². The molecule has 2 aliphatic rings. The average molecular weight is 376 g/mol. The van der Waals surface area contributed by atoms with Crippen LogP contribution in [0.3, 0.4) is 0 Å². The van der Waals surface area contributed by atoms with Gasteiger partial charge in [0.2, 0.25) is 0 Å². The largest absolute Gasteiger partial charge is 0.508 e. The van der Waals surface area contributed by atoms with Crippen molar-refractivity contribution in [3.05, 3.63) is 34.1 Å². The molecule has 0 radical (unpaired) electrons. The molecular weight excluding hydrogens is 348 g/mol. The Bertz CT molecular complexity index is 807. The summed E-state index contributed by atoms with van der Waals surface area (Å²) in [5.74, 6) is 0.0335. The number of benzene rings is 1. The van der Waals surface area contributed by atoms with Crippen LogP contribution in [0.15, 0.2) is 17.4 Å². The van der Waals surface area contributed by atoms with Gasteiger partial charge in [-0.2, -0.15) is 0 Å². The molecule has 2 unspecified atom stereocenters. The van der Waals surface area contributed by atoms with Crippen LogP contribution in [0.1, 0.15) is 62.5 Å². The number of ketones is 1. The smallest absolute Gasteiger partial charge is 0.347 e. The van der Waals surface area contributed by atoms with Gasteiger partial charge in [0.25, 0.3) is 0 Å². The summed E-state index contributed by atoms with van der Waals surface area (Å²) in [6.07, 6.45) is -0.146. The van der Waals surface area contributed by atoms with Crippen LogP contribution in [-0.4, -0.2) is 33.7 Å². The quantitative estimate of drug-likeness (QED) is 0.672. The molecule has 1 aliphatic carbocycles. The van der Waals surface area contributed by atoms with Crippen molar-refractivity contribution in [2.75, 3.05) is 0 Å². The molecule has 2 atom stereocenters. The Hall–Kier alpha value is -2.34. The van der Waals surface area contributed by atoms with Crippen LogP contribution in [0.4, 0.5) is 0 Å². The molecule has 1 aromatic rings. The molecule has 1 aromatic carbocycles. The number of hydrogen-bond donors (Lipinski definition) is 2. The van der Waals surface area contributed by atoms with E-state index in [1.165, 1.54) is 6.07 Å². The van der Waals surface area contributed by atoms with Gasteiger partial charge < -0.3 is 19.7 Å². The van der Waals surface area contributed by atoms with Gasteiger partial charge in [-0.3, -0.25) is 4.79 Å². The number of esters is 1. The molecule has 2 N–H and O–H groups in total. The Morgan fingerprint density at radius 2 is 1.70 bits per heavy atom. The van der Waals surface area contributed by atoms with Gasteiger partial charge in [0.05, 0.1) is 5.60 Å². The lowest BCUT2D eigenvalue weighted by Gasteiger charge is -2.29. The second kappa shape index (κ2) is 7.35. The molecule has 0 fully saturated rings. The standard InChI is InChI=1S/C17H18O5.C4H10O/c1-7-5-11(18)9(3)15-13(7)17(20)22-16-10(4)12(19)6-8(2)14(16)21-15;1-4(2,3)5/h5,8,14,18H,6H2,1-4H3;5H,1-3H3. The van der Waals surface area contributed by atoms with E-state index in [2.05, 4.69) is 0 Å². The average Bonchev–Trinajstić information content (AvgIpc) is 2.66. The fraction of sp³-hybridized carbons (Fsp3) is 0.524. The van der Waals surface area contributed by atoms with Gasteiger partial charge in [0.1, 0.15) is 17.1 Å². The van der Waals surface area contributed by atoms with Crippen molar-refractivity contribution in [1.82, 2.24) is 0 Å². The molecule has 6 nitrogen and oxygen atoms in total. The van der Waals surface area contributed by atoms with E-state index in [9.17, 15) is 14.7 Å². The third-order valence-corrected chi connectivity index (χ3v) is 4.42.